The fourth-order valence-electron chi connectivity index (χ4n) is 1.54. The quantitative estimate of drug-likeness (QED) is 0.568. The van der Waals surface area contributed by atoms with Crippen LogP contribution < -0.4 is 11.1 Å². The minimum Gasteiger partial charge on any atom is -0.370 e. The van der Waals surface area contributed by atoms with Gasteiger partial charge in [0.15, 0.2) is 0 Å². The van der Waals surface area contributed by atoms with Crippen molar-refractivity contribution in [1.82, 2.24) is 5.32 Å². The van der Waals surface area contributed by atoms with Crippen LogP contribution in [0, 0.1) is 10.1 Å². The van der Waals surface area contributed by atoms with Gasteiger partial charge in [-0.25, -0.2) is 0 Å². The lowest BCUT2D eigenvalue weighted by Crippen LogP contribution is -2.41. The zero-order valence-electron chi connectivity index (χ0n) is 11.1. The van der Waals surface area contributed by atoms with Crippen molar-refractivity contribution in [1.29, 1.82) is 0 Å². The second-order valence-electron chi connectivity index (χ2n) is 3.92. The van der Waals surface area contributed by atoms with Crippen molar-refractivity contribution in [3.63, 3.8) is 0 Å². The maximum Gasteiger partial charge on any atom is 0.269 e. The number of nitro benzene ring substituents is 1. The average Bonchev–Trinajstić information content (AvgIpc) is 2.40. The van der Waals surface area contributed by atoms with Crippen LogP contribution in [0.1, 0.15) is 5.56 Å². The SMILES string of the molecule is COC(CN)C(=O)NCCc1ccc([N+](=O)[O-])cc1.Cl. The molecule has 0 heterocycles. The van der Waals surface area contributed by atoms with Gasteiger partial charge in [0.05, 0.1) is 4.92 Å². The molecule has 0 fully saturated rings. The molecule has 0 aliphatic heterocycles. The number of benzene rings is 1. The van der Waals surface area contributed by atoms with Crippen LogP contribution in [0.5, 0.6) is 0 Å². The van der Waals surface area contributed by atoms with E-state index < -0.39 is 11.0 Å². The fourth-order valence-corrected chi connectivity index (χ4v) is 1.54. The van der Waals surface area contributed by atoms with E-state index in [9.17, 15) is 14.9 Å². The number of halogens is 1. The number of carbonyl (C=O) groups is 1. The van der Waals surface area contributed by atoms with Gasteiger partial charge in [-0.1, -0.05) is 12.1 Å². The summed E-state index contributed by atoms with van der Waals surface area (Å²) in [4.78, 5) is 21.6. The van der Waals surface area contributed by atoms with E-state index in [1.165, 1.54) is 19.2 Å². The van der Waals surface area contributed by atoms with Crippen LogP contribution in [0.25, 0.3) is 0 Å². The Morgan fingerprint density at radius 2 is 2.05 bits per heavy atom. The molecule has 112 valence electrons. The van der Waals surface area contributed by atoms with E-state index in [-0.39, 0.29) is 30.5 Å². The number of nitrogens with two attached hydrogens (primary N) is 1. The highest BCUT2D eigenvalue weighted by atomic mass is 35.5. The number of nitrogens with one attached hydrogen (secondary N) is 1. The third-order valence-corrected chi connectivity index (χ3v) is 2.65. The largest absolute Gasteiger partial charge is 0.370 e. The molecule has 1 aromatic carbocycles. The van der Waals surface area contributed by atoms with E-state index in [0.717, 1.165) is 5.56 Å². The van der Waals surface area contributed by atoms with Crippen molar-refractivity contribution in [3.8, 4) is 0 Å². The number of ether oxygens (including phenoxy) is 1. The first-order valence-electron chi connectivity index (χ1n) is 5.82. The van der Waals surface area contributed by atoms with Crippen LogP contribution in [0.4, 0.5) is 5.69 Å². The number of carbonyl (C=O) groups excluding carboxylic acids is 1. The average molecular weight is 304 g/mol. The van der Waals surface area contributed by atoms with Gasteiger partial charge < -0.3 is 15.8 Å². The van der Waals surface area contributed by atoms with Gasteiger partial charge in [-0.2, -0.15) is 0 Å². The van der Waals surface area contributed by atoms with Crippen LogP contribution in [0.3, 0.4) is 0 Å². The summed E-state index contributed by atoms with van der Waals surface area (Å²) in [5.41, 5.74) is 6.32. The van der Waals surface area contributed by atoms with Gasteiger partial charge in [0.2, 0.25) is 5.91 Å². The van der Waals surface area contributed by atoms with Crippen molar-refractivity contribution in [2.24, 2.45) is 5.73 Å². The third kappa shape index (κ3) is 5.52. The monoisotopic (exact) mass is 303 g/mol. The van der Waals surface area contributed by atoms with E-state index >= 15 is 0 Å². The first-order valence-corrected chi connectivity index (χ1v) is 5.82. The van der Waals surface area contributed by atoms with Crippen molar-refractivity contribution in [3.05, 3.63) is 39.9 Å². The summed E-state index contributed by atoms with van der Waals surface area (Å²) >= 11 is 0. The fraction of sp³-hybridized carbons (Fsp3) is 0.417. The standard InChI is InChI=1S/C12H17N3O4.ClH/c1-19-11(8-13)12(16)14-7-6-9-2-4-10(5-3-9)15(17)18;/h2-5,11H,6-8,13H2,1H3,(H,14,16);1H. The summed E-state index contributed by atoms with van der Waals surface area (Å²) in [6.45, 7) is 0.552. The predicted octanol–water partition coefficient (Wildman–Crippen LogP) is 0.649. The summed E-state index contributed by atoms with van der Waals surface area (Å²) in [6, 6.07) is 6.21. The summed E-state index contributed by atoms with van der Waals surface area (Å²) in [5.74, 6) is -0.257. The molecular formula is C12H18ClN3O4. The molecule has 0 aliphatic rings. The Balaban J connectivity index is 0.00000361. The number of nitrogens with zero attached hydrogens (tertiary/aromatic N) is 1. The molecule has 0 bridgehead atoms. The Morgan fingerprint density at radius 1 is 1.45 bits per heavy atom. The Bertz CT molecular complexity index is 435. The van der Waals surface area contributed by atoms with Crippen molar-refractivity contribution in [2.45, 2.75) is 12.5 Å². The smallest absolute Gasteiger partial charge is 0.269 e. The molecule has 3 N–H and O–H groups in total. The molecule has 1 unspecified atom stereocenters. The van der Waals surface area contributed by atoms with Gasteiger partial charge in [-0.05, 0) is 12.0 Å². The topological polar surface area (TPSA) is 107 Å². The van der Waals surface area contributed by atoms with E-state index in [0.29, 0.717) is 13.0 Å². The molecule has 1 aromatic rings. The predicted molar refractivity (Wildman–Crippen MR) is 76.9 cm³/mol. The molecule has 0 aliphatic carbocycles. The molecule has 20 heavy (non-hydrogen) atoms. The number of nitro groups is 1. The van der Waals surface area contributed by atoms with Crippen molar-refractivity contribution in [2.75, 3.05) is 20.2 Å². The highest BCUT2D eigenvalue weighted by Gasteiger charge is 2.14. The van der Waals surface area contributed by atoms with E-state index in [2.05, 4.69) is 5.32 Å². The van der Waals surface area contributed by atoms with Crippen LogP contribution >= 0.6 is 12.4 Å². The molecule has 0 saturated carbocycles. The highest BCUT2D eigenvalue weighted by molar-refractivity contribution is 5.85. The number of rotatable bonds is 7. The van der Waals surface area contributed by atoms with Gasteiger partial charge in [0.25, 0.3) is 5.69 Å². The molecule has 0 spiro atoms. The summed E-state index contributed by atoms with van der Waals surface area (Å²) in [7, 11) is 1.42. The lowest BCUT2D eigenvalue weighted by molar-refractivity contribution is -0.384. The second kappa shape index (κ2) is 9.24. The van der Waals surface area contributed by atoms with E-state index in [1.54, 1.807) is 12.1 Å². The molecule has 1 rings (SSSR count). The van der Waals surface area contributed by atoms with Crippen LogP contribution in [-0.2, 0) is 16.0 Å². The summed E-state index contributed by atoms with van der Waals surface area (Å²) in [5, 5.41) is 13.2. The van der Waals surface area contributed by atoms with E-state index in [1.807, 2.05) is 0 Å². The number of non-ortho nitro benzene ring substituents is 1. The Kier molecular flexibility index (Phi) is 8.46. The molecule has 0 aromatic heterocycles. The molecule has 1 amide bonds. The Hall–Kier alpha value is -1.70. The first-order chi connectivity index (χ1) is 9.08. The van der Waals surface area contributed by atoms with Gasteiger partial charge in [0.1, 0.15) is 6.10 Å². The van der Waals surface area contributed by atoms with Crippen LogP contribution in [0.15, 0.2) is 24.3 Å². The van der Waals surface area contributed by atoms with Crippen LogP contribution in [-0.4, -0.2) is 37.1 Å². The normalized spacial score (nSPS) is 11.3. The van der Waals surface area contributed by atoms with Crippen molar-refractivity contribution < 1.29 is 14.5 Å². The highest BCUT2D eigenvalue weighted by Crippen LogP contribution is 2.11. The number of amides is 1. The van der Waals surface area contributed by atoms with E-state index in [4.69, 9.17) is 10.5 Å². The lowest BCUT2D eigenvalue weighted by atomic mass is 10.1. The van der Waals surface area contributed by atoms with Gasteiger partial charge in [-0.15, -0.1) is 12.4 Å². The molecule has 7 nitrogen and oxygen atoms in total. The second-order valence-corrected chi connectivity index (χ2v) is 3.92. The van der Waals surface area contributed by atoms with Gasteiger partial charge in [0, 0.05) is 32.3 Å². The van der Waals surface area contributed by atoms with Gasteiger partial charge in [-0.3, -0.25) is 14.9 Å². The maximum atomic E-state index is 11.5. The summed E-state index contributed by atoms with van der Waals surface area (Å²) in [6.07, 6.45) is -0.0538. The maximum absolute atomic E-state index is 11.5. The number of hydrogen-bond acceptors (Lipinski definition) is 5. The number of methoxy groups -OCH3 is 1. The lowest BCUT2D eigenvalue weighted by Gasteiger charge is -2.12. The Labute approximate surface area is 123 Å². The van der Waals surface area contributed by atoms with Gasteiger partial charge >= 0.3 is 0 Å². The van der Waals surface area contributed by atoms with Crippen molar-refractivity contribution >= 4 is 24.0 Å². The number of hydrogen-bond donors (Lipinski definition) is 2. The zero-order valence-corrected chi connectivity index (χ0v) is 11.9. The van der Waals surface area contributed by atoms with Crippen LogP contribution in [0.2, 0.25) is 0 Å². The first kappa shape index (κ1) is 18.3. The zero-order chi connectivity index (χ0) is 14.3. The Morgan fingerprint density at radius 3 is 2.50 bits per heavy atom. The molecule has 8 heteroatoms. The molecule has 1 atom stereocenters. The minimum absolute atomic E-state index is 0. The minimum atomic E-state index is -0.642. The molecule has 0 saturated heterocycles. The molecule has 0 radical (unpaired) electrons. The summed E-state index contributed by atoms with van der Waals surface area (Å²) < 4.78 is 4.89. The third-order valence-electron chi connectivity index (χ3n) is 2.65. The molecular weight excluding hydrogens is 286 g/mol.